The molecule has 2 heterocycles. The van der Waals surface area contributed by atoms with Crippen LogP contribution in [-0.2, 0) is 16.7 Å². The summed E-state index contributed by atoms with van der Waals surface area (Å²) in [7, 11) is 1.92. The minimum absolute atomic E-state index is 0.0972. The van der Waals surface area contributed by atoms with Crippen molar-refractivity contribution in [3.63, 3.8) is 0 Å². The summed E-state index contributed by atoms with van der Waals surface area (Å²) in [5.41, 5.74) is 6.92. The Hall–Kier alpha value is -2.96. The Morgan fingerprint density at radius 2 is 2.04 bits per heavy atom. The molecule has 0 radical (unpaired) electrons. The molecule has 0 atom stereocenters. The van der Waals surface area contributed by atoms with Crippen LogP contribution in [0.2, 0.25) is 0 Å². The van der Waals surface area contributed by atoms with Crippen molar-refractivity contribution in [2.24, 2.45) is 12.0 Å². The Morgan fingerprint density at radius 3 is 2.85 bits per heavy atom. The van der Waals surface area contributed by atoms with Crippen LogP contribution in [-0.4, -0.2) is 28.8 Å². The van der Waals surface area contributed by atoms with Crippen LogP contribution in [0.5, 0.6) is 0 Å². The SMILES string of the molecule is Cc1ccc2c(c1)=NC(=O)C=2c1c(NOCCO)c2ccccc2n1C. The number of para-hydroxylation sites is 1. The number of hydrogen-bond donors (Lipinski definition) is 2. The molecule has 0 unspecified atom stereocenters. The number of benzene rings is 2. The van der Waals surface area contributed by atoms with E-state index in [-0.39, 0.29) is 19.1 Å². The lowest BCUT2D eigenvalue weighted by atomic mass is 10.1. The van der Waals surface area contributed by atoms with Crippen molar-refractivity contribution in [1.82, 2.24) is 4.57 Å². The second-order valence-electron chi connectivity index (χ2n) is 6.29. The van der Waals surface area contributed by atoms with Crippen molar-refractivity contribution >= 4 is 28.1 Å². The number of carbonyl (C=O) groups is 1. The van der Waals surface area contributed by atoms with Gasteiger partial charge in [0.15, 0.2) is 0 Å². The third-order valence-corrected chi connectivity index (χ3v) is 4.57. The Morgan fingerprint density at radius 1 is 1.23 bits per heavy atom. The van der Waals surface area contributed by atoms with Crippen molar-refractivity contribution in [3.8, 4) is 0 Å². The Balaban J connectivity index is 2.02. The first kappa shape index (κ1) is 16.5. The van der Waals surface area contributed by atoms with Gasteiger partial charge in [-0.3, -0.25) is 15.1 Å². The summed E-state index contributed by atoms with van der Waals surface area (Å²) in [6, 6.07) is 13.7. The zero-order valence-electron chi connectivity index (χ0n) is 14.6. The first-order valence-corrected chi connectivity index (χ1v) is 8.42. The fourth-order valence-corrected chi connectivity index (χ4v) is 3.41. The maximum absolute atomic E-state index is 12.7. The number of fused-ring (bicyclic) bond motifs is 2. The van der Waals surface area contributed by atoms with E-state index in [0.717, 1.165) is 27.4 Å². The highest BCUT2D eigenvalue weighted by Gasteiger charge is 2.26. The number of carbonyl (C=O) groups excluding carboxylic acids is 1. The summed E-state index contributed by atoms with van der Waals surface area (Å²) >= 11 is 0. The predicted molar refractivity (Wildman–Crippen MR) is 99.1 cm³/mol. The van der Waals surface area contributed by atoms with Crippen LogP contribution in [0.25, 0.3) is 16.5 Å². The van der Waals surface area contributed by atoms with E-state index >= 15 is 0 Å². The van der Waals surface area contributed by atoms with Gasteiger partial charge in [-0.05, 0) is 24.6 Å². The molecule has 0 fully saturated rings. The number of nitrogens with one attached hydrogen (secondary N) is 1. The molecular formula is C20H19N3O3. The van der Waals surface area contributed by atoms with Gasteiger partial charge in [0, 0.05) is 17.7 Å². The quantitative estimate of drug-likeness (QED) is 0.536. The van der Waals surface area contributed by atoms with Crippen LogP contribution in [0.1, 0.15) is 11.3 Å². The fraction of sp³-hybridized carbons (Fsp3) is 0.200. The molecule has 3 aromatic rings. The summed E-state index contributed by atoms with van der Waals surface area (Å²) in [4.78, 5) is 22.3. The van der Waals surface area contributed by atoms with Crippen molar-refractivity contribution in [3.05, 3.63) is 64.3 Å². The molecule has 1 aliphatic rings. The Kier molecular flexibility index (Phi) is 4.06. The Labute approximate surface area is 150 Å². The number of amides is 1. The number of aliphatic hydroxyl groups is 1. The first-order valence-electron chi connectivity index (χ1n) is 8.42. The highest BCUT2D eigenvalue weighted by Crippen LogP contribution is 2.34. The molecule has 132 valence electrons. The molecule has 1 amide bonds. The van der Waals surface area contributed by atoms with E-state index in [1.807, 2.05) is 61.0 Å². The summed E-state index contributed by atoms with van der Waals surface area (Å²) in [6.45, 7) is 2.02. The first-order chi connectivity index (χ1) is 12.6. The van der Waals surface area contributed by atoms with Gasteiger partial charge in [-0.25, -0.2) is 4.99 Å². The standard InChI is InChI=1S/C20H19N3O3/c1-12-7-8-13-15(11-12)21-20(25)17(13)19-18(22-26-10-9-24)14-5-3-4-6-16(14)23(19)2/h3-8,11,22,24H,9-10H2,1-2H3. The molecule has 2 N–H and O–H groups in total. The molecule has 0 saturated heterocycles. The lowest BCUT2D eigenvalue weighted by molar-refractivity contribution is -0.112. The molecule has 26 heavy (non-hydrogen) atoms. The van der Waals surface area contributed by atoms with Crippen LogP contribution < -0.4 is 16.1 Å². The molecule has 1 aromatic heterocycles. The van der Waals surface area contributed by atoms with Crippen molar-refractivity contribution < 1.29 is 14.7 Å². The topological polar surface area (TPSA) is 75.8 Å². The van der Waals surface area contributed by atoms with E-state index in [0.29, 0.717) is 16.6 Å². The summed E-state index contributed by atoms with van der Waals surface area (Å²) < 4.78 is 1.97. The molecule has 4 rings (SSSR count). The highest BCUT2D eigenvalue weighted by atomic mass is 16.6. The molecule has 0 saturated carbocycles. The van der Waals surface area contributed by atoms with Crippen LogP contribution in [0.15, 0.2) is 47.5 Å². The van der Waals surface area contributed by atoms with E-state index in [4.69, 9.17) is 9.94 Å². The summed E-state index contributed by atoms with van der Waals surface area (Å²) in [5.74, 6) is -0.262. The van der Waals surface area contributed by atoms with Gasteiger partial charge in [0.1, 0.15) is 0 Å². The summed E-state index contributed by atoms with van der Waals surface area (Å²) in [5, 5.41) is 11.4. The average Bonchev–Trinajstić information content (AvgIpc) is 3.09. The van der Waals surface area contributed by atoms with Crippen LogP contribution in [0.3, 0.4) is 0 Å². The van der Waals surface area contributed by atoms with Crippen LogP contribution >= 0.6 is 0 Å². The third-order valence-electron chi connectivity index (χ3n) is 4.57. The van der Waals surface area contributed by atoms with Gasteiger partial charge in [0.05, 0.1) is 41.0 Å². The molecule has 0 bridgehead atoms. The molecule has 0 aliphatic carbocycles. The van der Waals surface area contributed by atoms with Gasteiger partial charge in [-0.2, -0.15) is 0 Å². The lowest BCUT2D eigenvalue weighted by Crippen LogP contribution is -2.24. The van der Waals surface area contributed by atoms with Gasteiger partial charge in [0.25, 0.3) is 5.91 Å². The molecule has 6 heteroatoms. The molecule has 2 aromatic carbocycles. The number of nitrogens with zero attached hydrogens (tertiary/aromatic N) is 2. The number of rotatable bonds is 5. The average molecular weight is 349 g/mol. The van der Waals surface area contributed by atoms with Gasteiger partial charge >= 0.3 is 0 Å². The van der Waals surface area contributed by atoms with Gasteiger partial charge in [0.2, 0.25) is 0 Å². The molecule has 6 nitrogen and oxygen atoms in total. The largest absolute Gasteiger partial charge is 0.394 e. The van der Waals surface area contributed by atoms with Crippen molar-refractivity contribution in [2.75, 3.05) is 18.7 Å². The monoisotopic (exact) mass is 349 g/mol. The highest BCUT2D eigenvalue weighted by molar-refractivity contribution is 6.23. The smallest absolute Gasteiger partial charge is 0.280 e. The minimum Gasteiger partial charge on any atom is -0.394 e. The Bertz CT molecular complexity index is 1150. The zero-order chi connectivity index (χ0) is 18.3. The number of aromatic nitrogens is 1. The molecule has 1 aliphatic heterocycles. The molecule has 0 spiro atoms. The number of hydrogen-bond acceptors (Lipinski definition) is 4. The maximum atomic E-state index is 12.7. The molecular weight excluding hydrogens is 330 g/mol. The fourth-order valence-electron chi connectivity index (χ4n) is 3.41. The maximum Gasteiger partial charge on any atom is 0.280 e. The number of anilines is 1. The van der Waals surface area contributed by atoms with E-state index < -0.39 is 0 Å². The normalized spacial score (nSPS) is 13.2. The van der Waals surface area contributed by atoms with Gasteiger partial charge in [-0.1, -0.05) is 30.3 Å². The van der Waals surface area contributed by atoms with Gasteiger partial charge < -0.3 is 9.67 Å². The number of aliphatic hydroxyl groups excluding tert-OH is 1. The second-order valence-corrected chi connectivity index (χ2v) is 6.29. The van der Waals surface area contributed by atoms with Crippen LogP contribution in [0, 0.1) is 6.92 Å². The van der Waals surface area contributed by atoms with Crippen molar-refractivity contribution in [2.45, 2.75) is 6.92 Å². The zero-order valence-corrected chi connectivity index (χ0v) is 14.6. The van der Waals surface area contributed by atoms with E-state index in [2.05, 4.69) is 10.5 Å². The third kappa shape index (κ3) is 2.51. The van der Waals surface area contributed by atoms with Crippen molar-refractivity contribution in [1.29, 1.82) is 0 Å². The van der Waals surface area contributed by atoms with Crippen LogP contribution in [0.4, 0.5) is 5.69 Å². The second kappa shape index (κ2) is 6.40. The lowest BCUT2D eigenvalue weighted by Gasteiger charge is -2.10. The van der Waals surface area contributed by atoms with E-state index in [9.17, 15) is 4.79 Å². The summed E-state index contributed by atoms with van der Waals surface area (Å²) in [6.07, 6.45) is 0. The van der Waals surface area contributed by atoms with E-state index in [1.54, 1.807) is 0 Å². The number of aryl methyl sites for hydroxylation is 2. The minimum atomic E-state index is -0.262. The van der Waals surface area contributed by atoms with E-state index in [1.165, 1.54) is 0 Å². The van der Waals surface area contributed by atoms with Gasteiger partial charge in [-0.15, -0.1) is 0 Å². The predicted octanol–water partition coefficient (Wildman–Crippen LogP) is 1.18.